The first kappa shape index (κ1) is 20.3. The summed E-state index contributed by atoms with van der Waals surface area (Å²) in [4.78, 5) is 24.0. The molecule has 0 unspecified atom stereocenters. The number of para-hydroxylation sites is 2. The number of carbonyl (C=O) groups excluding carboxylic acids is 2. The van der Waals surface area contributed by atoms with Gasteiger partial charge in [-0.05, 0) is 43.2 Å². The van der Waals surface area contributed by atoms with E-state index in [-0.39, 0.29) is 11.9 Å². The van der Waals surface area contributed by atoms with Gasteiger partial charge in [0.15, 0.2) is 0 Å². The van der Waals surface area contributed by atoms with Crippen LogP contribution in [-0.4, -0.2) is 25.1 Å². The number of benzene rings is 2. The molecule has 0 saturated carbocycles. The van der Waals surface area contributed by atoms with E-state index in [1.807, 2.05) is 19.1 Å². The van der Waals surface area contributed by atoms with E-state index in [1.54, 1.807) is 36.4 Å². The van der Waals surface area contributed by atoms with Gasteiger partial charge in [0.25, 0.3) is 0 Å². The molecule has 0 aliphatic rings. The Balaban J connectivity index is 1.76. The van der Waals surface area contributed by atoms with Crippen LogP contribution in [-0.2, 0) is 9.53 Å². The van der Waals surface area contributed by atoms with Crippen molar-refractivity contribution >= 4 is 23.3 Å². The zero-order valence-corrected chi connectivity index (χ0v) is 15.6. The fourth-order valence-corrected chi connectivity index (χ4v) is 2.37. The van der Waals surface area contributed by atoms with Crippen molar-refractivity contribution in [3.8, 4) is 5.75 Å². The number of amides is 1. The Labute approximate surface area is 159 Å². The summed E-state index contributed by atoms with van der Waals surface area (Å²) in [5, 5.41) is 2.79. The van der Waals surface area contributed by atoms with Gasteiger partial charge >= 0.3 is 5.97 Å². The second-order valence-corrected chi connectivity index (χ2v) is 6.11. The Hall–Kier alpha value is -3.02. The van der Waals surface area contributed by atoms with Gasteiger partial charge in [0.1, 0.15) is 5.75 Å². The quantitative estimate of drug-likeness (QED) is 0.374. The molecule has 144 valence electrons. The van der Waals surface area contributed by atoms with Gasteiger partial charge in [-0.3, -0.25) is 4.79 Å². The molecule has 0 fully saturated rings. The summed E-state index contributed by atoms with van der Waals surface area (Å²) in [6.45, 7) is 2.83. The molecule has 1 amide bonds. The first-order valence-corrected chi connectivity index (χ1v) is 9.14. The third-order valence-corrected chi connectivity index (χ3v) is 3.84. The van der Waals surface area contributed by atoms with Crippen LogP contribution in [0.2, 0.25) is 0 Å². The third-order valence-electron chi connectivity index (χ3n) is 3.84. The lowest BCUT2D eigenvalue weighted by atomic mass is 10.2. The largest absolute Gasteiger partial charge is 0.491 e. The predicted octanol–water partition coefficient (Wildman–Crippen LogP) is 4.02. The topological polar surface area (TPSA) is 90.6 Å². The highest BCUT2D eigenvalue weighted by Gasteiger charge is 2.09. The fourth-order valence-electron chi connectivity index (χ4n) is 2.37. The van der Waals surface area contributed by atoms with E-state index in [9.17, 15) is 9.59 Å². The molecule has 2 rings (SSSR count). The van der Waals surface area contributed by atoms with Crippen molar-refractivity contribution in [2.45, 2.75) is 32.6 Å². The molecule has 0 saturated heterocycles. The maximum absolute atomic E-state index is 12.1. The molecule has 6 heteroatoms. The summed E-state index contributed by atoms with van der Waals surface area (Å²) >= 11 is 0. The summed E-state index contributed by atoms with van der Waals surface area (Å²) in [5.41, 5.74) is 7.36. The van der Waals surface area contributed by atoms with Crippen molar-refractivity contribution < 1.29 is 19.1 Å². The summed E-state index contributed by atoms with van der Waals surface area (Å²) in [5.74, 6) is 0.0942. The molecule has 3 N–H and O–H groups in total. The summed E-state index contributed by atoms with van der Waals surface area (Å²) in [6, 6.07) is 14.0. The number of nitrogens with two attached hydrogens (primary N) is 1. The van der Waals surface area contributed by atoms with Gasteiger partial charge in [-0.2, -0.15) is 0 Å². The van der Waals surface area contributed by atoms with E-state index in [1.165, 1.54) is 0 Å². The molecule has 0 aliphatic heterocycles. The first-order valence-electron chi connectivity index (χ1n) is 9.14. The molecule has 2 aromatic carbocycles. The molecule has 0 atom stereocenters. The maximum Gasteiger partial charge on any atom is 0.338 e. The average Bonchev–Trinajstić information content (AvgIpc) is 2.67. The van der Waals surface area contributed by atoms with E-state index >= 15 is 0 Å². The fraction of sp³-hybridized carbons (Fsp3) is 0.333. The Morgan fingerprint density at radius 1 is 1.04 bits per heavy atom. The maximum atomic E-state index is 12.1. The number of ether oxygens (including phenoxy) is 2. The lowest BCUT2D eigenvalue weighted by Gasteiger charge is -2.09. The molecule has 0 aliphatic carbocycles. The number of nitrogens with one attached hydrogen (secondary N) is 1. The van der Waals surface area contributed by atoms with Crippen molar-refractivity contribution in [3.63, 3.8) is 0 Å². The van der Waals surface area contributed by atoms with Crippen molar-refractivity contribution in [1.82, 2.24) is 0 Å². The van der Waals surface area contributed by atoms with Gasteiger partial charge < -0.3 is 20.5 Å². The van der Waals surface area contributed by atoms with Crippen LogP contribution in [0.3, 0.4) is 0 Å². The smallest absolute Gasteiger partial charge is 0.338 e. The van der Waals surface area contributed by atoms with Crippen molar-refractivity contribution in [2.75, 3.05) is 24.3 Å². The number of rotatable bonds is 10. The number of anilines is 2. The molecular formula is C21H26N2O4. The van der Waals surface area contributed by atoms with Crippen molar-refractivity contribution in [2.24, 2.45) is 0 Å². The summed E-state index contributed by atoms with van der Waals surface area (Å²) in [7, 11) is 0. The van der Waals surface area contributed by atoms with Gasteiger partial charge in [-0.1, -0.05) is 31.5 Å². The molecule has 0 heterocycles. The minimum atomic E-state index is -0.381. The molecule has 2 aromatic rings. The number of unbranched alkanes of at least 4 members (excludes halogenated alkanes) is 1. The Bertz CT molecular complexity index is 761. The minimum Gasteiger partial charge on any atom is -0.491 e. The van der Waals surface area contributed by atoms with E-state index in [2.05, 4.69) is 5.32 Å². The zero-order chi connectivity index (χ0) is 19.5. The number of nitrogen functional groups attached to an aromatic ring is 1. The highest BCUT2D eigenvalue weighted by atomic mass is 16.5. The first-order chi connectivity index (χ1) is 13.1. The minimum absolute atomic E-state index is 0.142. The molecule has 0 radical (unpaired) electrons. The molecule has 6 nitrogen and oxygen atoms in total. The second-order valence-electron chi connectivity index (χ2n) is 6.11. The number of esters is 1. The number of hydrogen-bond donors (Lipinski definition) is 2. The van der Waals surface area contributed by atoms with Gasteiger partial charge in [0.05, 0.1) is 24.5 Å². The van der Waals surface area contributed by atoms with Crippen LogP contribution in [0.5, 0.6) is 5.75 Å². The van der Waals surface area contributed by atoms with Crippen molar-refractivity contribution in [1.29, 1.82) is 0 Å². The SMILES string of the molecule is CCCCOC(=O)c1cccc(NC(=O)CCCOc2ccccc2N)c1. The van der Waals surface area contributed by atoms with Crippen LogP contribution in [0, 0.1) is 0 Å². The van der Waals surface area contributed by atoms with E-state index in [0.29, 0.717) is 48.7 Å². The monoisotopic (exact) mass is 370 g/mol. The van der Waals surface area contributed by atoms with Gasteiger partial charge in [-0.15, -0.1) is 0 Å². The average molecular weight is 370 g/mol. The van der Waals surface area contributed by atoms with Crippen LogP contribution in [0.4, 0.5) is 11.4 Å². The Kier molecular flexibility index (Phi) is 8.16. The lowest BCUT2D eigenvalue weighted by molar-refractivity contribution is -0.116. The number of carbonyl (C=O) groups is 2. The van der Waals surface area contributed by atoms with Crippen molar-refractivity contribution in [3.05, 3.63) is 54.1 Å². The highest BCUT2D eigenvalue weighted by molar-refractivity contribution is 5.94. The van der Waals surface area contributed by atoms with Gasteiger partial charge in [0.2, 0.25) is 5.91 Å². The molecule has 0 aromatic heterocycles. The normalized spacial score (nSPS) is 10.3. The molecule has 0 bridgehead atoms. The zero-order valence-electron chi connectivity index (χ0n) is 15.6. The second kappa shape index (κ2) is 10.9. The Morgan fingerprint density at radius 3 is 2.63 bits per heavy atom. The molecule has 0 spiro atoms. The standard InChI is InChI=1S/C21H26N2O4/c1-2-3-13-27-21(25)16-8-6-9-17(15-16)23-20(24)12-7-14-26-19-11-5-4-10-18(19)22/h4-6,8-11,15H,2-3,7,12-14,22H2,1H3,(H,23,24). The van der Waals surface area contributed by atoms with Crippen LogP contribution >= 0.6 is 0 Å². The summed E-state index contributed by atoms with van der Waals surface area (Å²) in [6.07, 6.45) is 2.65. The Morgan fingerprint density at radius 2 is 1.85 bits per heavy atom. The van der Waals surface area contributed by atoms with Gasteiger partial charge in [0, 0.05) is 12.1 Å². The molecular weight excluding hydrogens is 344 g/mol. The van der Waals surface area contributed by atoms with Crippen LogP contribution in [0.15, 0.2) is 48.5 Å². The van der Waals surface area contributed by atoms with E-state index < -0.39 is 0 Å². The highest BCUT2D eigenvalue weighted by Crippen LogP contribution is 2.20. The van der Waals surface area contributed by atoms with E-state index in [0.717, 1.165) is 12.8 Å². The van der Waals surface area contributed by atoms with Crippen LogP contribution < -0.4 is 15.8 Å². The molecule has 27 heavy (non-hydrogen) atoms. The van der Waals surface area contributed by atoms with E-state index in [4.69, 9.17) is 15.2 Å². The number of hydrogen-bond acceptors (Lipinski definition) is 5. The predicted molar refractivity (Wildman–Crippen MR) is 106 cm³/mol. The van der Waals surface area contributed by atoms with Crippen LogP contribution in [0.25, 0.3) is 0 Å². The summed E-state index contributed by atoms with van der Waals surface area (Å²) < 4.78 is 10.7. The third kappa shape index (κ3) is 7.01. The van der Waals surface area contributed by atoms with Crippen LogP contribution in [0.1, 0.15) is 43.0 Å². The lowest BCUT2D eigenvalue weighted by Crippen LogP contribution is -2.14. The van der Waals surface area contributed by atoms with Gasteiger partial charge in [-0.25, -0.2) is 4.79 Å².